The summed E-state index contributed by atoms with van der Waals surface area (Å²) in [6, 6.07) is 13.1. The molecule has 8 heteroatoms. The smallest absolute Gasteiger partial charge is 0.251 e. The number of nitrogens with zero attached hydrogens (tertiary/aromatic N) is 2. The first-order valence-electron chi connectivity index (χ1n) is 9.98. The van der Waals surface area contributed by atoms with Crippen molar-refractivity contribution in [1.29, 1.82) is 0 Å². The topological polar surface area (TPSA) is 80.8 Å². The van der Waals surface area contributed by atoms with Gasteiger partial charge in [0.1, 0.15) is 0 Å². The molecular weight excluding hydrogens is 402 g/mol. The second kappa shape index (κ2) is 7.95. The van der Waals surface area contributed by atoms with E-state index in [4.69, 9.17) is 14.5 Å². The highest BCUT2D eigenvalue weighted by Gasteiger charge is 2.27. The molecule has 3 aromatic rings. The maximum atomic E-state index is 12.7. The zero-order chi connectivity index (χ0) is 20.5. The number of rotatable bonds is 4. The Hall–Kier alpha value is -3.13. The number of para-hydroxylation sites is 1. The fourth-order valence-corrected chi connectivity index (χ4v) is 4.97. The molecule has 2 amide bonds. The minimum absolute atomic E-state index is 0.0279. The maximum absolute atomic E-state index is 12.7. The highest BCUT2D eigenvalue weighted by atomic mass is 32.1. The van der Waals surface area contributed by atoms with Crippen LogP contribution in [0.2, 0.25) is 0 Å². The maximum Gasteiger partial charge on any atom is 0.251 e. The number of thiazole rings is 1. The largest absolute Gasteiger partial charge is 0.454 e. The number of hydrogen-bond acceptors (Lipinski definition) is 6. The molecule has 1 N–H and O–H groups in total. The number of likely N-dealkylation sites (tertiary alicyclic amines) is 1. The first-order chi connectivity index (χ1) is 14.7. The zero-order valence-corrected chi connectivity index (χ0v) is 17.1. The molecule has 1 atom stereocenters. The molecule has 154 valence electrons. The number of carbonyl (C=O) groups is 2. The van der Waals surface area contributed by atoms with Crippen LogP contribution in [0.15, 0.2) is 42.5 Å². The molecule has 1 saturated heterocycles. The van der Waals surface area contributed by atoms with E-state index in [0.29, 0.717) is 30.2 Å². The summed E-state index contributed by atoms with van der Waals surface area (Å²) in [6.07, 6.45) is 1.95. The summed E-state index contributed by atoms with van der Waals surface area (Å²) in [5, 5.41) is 3.81. The summed E-state index contributed by atoms with van der Waals surface area (Å²) < 4.78 is 11.7. The predicted octanol–water partition coefficient (Wildman–Crippen LogP) is 3.16. The number of hydrogen-bond donors (Lipinski definition) is 1. The number of ether oxygens (including phenoxy) is 2. The Morgan fingerprint density at radius 2 is 2.03 bits per heavy atom. The van der Waals surface area contributed by atoms with Gasteiger partial charge in [-0.2, -0.15) is 0 Å². The van der Waals surface area contributed by atoms with E-state index in [1.54, 1.807) is 29.5 Å². The summed E-state index contributed by atoms with van der Waals surface area (Å²) in [6.45, 7) is 1.47. The van der Waals surface area contributed by atoms with Crippen molar-refractivity contribution >= 4 is 33.4 Å². The van der Waals surface area contributed by atoms with Crippen molar-refractivity contribution in [2.24, 2.45) is 0 Å². The molecule has 0 saturated carbocycles. The van der Waals surface area contributed by atoms with Crippen LogP contribution >= 0.6 is 11.3 Å². The van der Waals surface area contributed by atoms with Gasteiger partial charge in [-0.15, -0.1) is 11.3 Å². The van der Waals surface area contributed by atoms with Crippen molar-refractivity contribution in [3.63, 3.8) is 0 Å². The van der Waals surface area contributed by atoms with E-state index in [1.165, 1.54) is 4.70 Å². The van der Waals surface area contributed by atoms with E-state index in [9.17, 15) is 9.59 Å². The van der Waals surface area contributed by atoms with E-state index in [1.807, 2.05) is 23.1 Å². The number of benzene rings is 2. The van der Waals surface area contributed by atoms with Crippen molar-refractivity contribution < 1.29 is 19.1 Å². The third-order valence-corrected chi connectivity index (χ3v) is 6.67. The van der Waals surface area contributed by atoms with Gasteiger partial charge in [-0.25, -0.2) is 4.98 Å². The van der Waals surface area contributed by atoms with Gasteiger partial charge in [0.2, 0.25) is 12.7 Å². The van der Waals surface area contributed by atoms with Crippen LogP contribution in [0, 0.1) is 0 Å². The van der Waals surface area contributed by atoms with E-state index in [-0.39, 0.29) is 31.1 Å². The van der Waals surface area contributed by atoms with Gasteiger partial charge in [0.25, 0.3) is 5.91 Å². The molecule has 30 heavy (non-hydrogen) atoms. The quantitative estimate of drug-likeness (QED) is 0.697. The Bertz CT molecular complexity index is 1080. The number of amides is 2. The molecule has 1 aromatic heterocycles. The van der Waals surface area contributed by atoms with Crippen LogP contribution in [0.3, 0.4) is 0 Å². The lowest BCUT2D eigenvalue weighted by Gasteiger charge is -2.32. The SMILES string of the molecule is O=C(NCC(=O)N1CCCC(c2nc3ccccc3s2)C1)c1ccc2c(c1)OCO2. The van der Waals surface area contributed by atoms with Gasteiger partial charge >= 0.3 is 0 Å². The Morgan fingerprint density at radius 3 is 2.93 bits per heavy atom. The molecule has 1 fully saturated rings. The van der Waals surface area contributed by atoms with Crippen LogP contribution in [0.1, 0.15) is 34.1 Å². The standard InChI is InChI=1S/C22H21N3O4S/c26-20(11-23-21(27)14-7-8-17-18(10-14)29-13-28-17)25-9-3-4-15(12-25)22-24-16-5-1-2-6-19(16)30-22/h1-2,5-8,10,15H,3-4,9,11-13H2,(H,23,27). The van der Waals surface area contributed by atoms with Crippen molar-refractivity contribution in [3.8, 4) is 11.5 Å². The van der Waals surface area contributed by atoms with Crippen LogP contribution < -0.4 is 14.8 Å². The molecule has 3 heterocycles. The third kappa shape index (κ3) is 3.70. The first kappa shape index (κ1) is 18.9. The van der Waals surface area contributed by atoms with Crippen LogP contribution in [0.5, 0.6) is 11.5 Å². The number of fused-ring (bicyclic) bond motifs is 2. The summed E-state index contributed by atoms with van der Waals surface area (Å²) in [5.74, 6) is 1.03. The summed E-state index contributed by atoms with van der Waals surface area (Å²) >= 11 is 1.70. The van der Waals surface area contributed by atoms with Gasteiger partial charge in [-0.3, -0.25) is 9.59 Å². The second-order valence-electron chi connectivity index (χ2n) is 7.45. The number of aromatic nitrogens is 1. The van der Waals surface area contributed by atoms with Gasteiger partial charge in [0.15, 0.2) is 11.5 Å². The molecule has 0 aliphatic carbocycles. The monoisotopic (exact) mass is 423 g/mol. The summed E-state index contributed by atoms with van der Waals surface area (Å²) in [5.41, 5.74) is 1.45. The van der Waals surface area contributed by atoms with Crippen LogP contribution in [0.4, 0.5) is 0 Å². The average Bonchev–Trinajstić information content (AvgIpc) is 3.43. The van der Waals surface area contributed by atoms with Crippen LogP contribution in [-0.2, 0) is 4.79 Å². The molecule has 7 nitrogen and oxygen atoms in total. The average molecular weight is 423 g/mol. The highest BCUT2D eigenvalue weighted by molar-refractivity contribution is 7.18. The first-order valence-corrected chi connectivity index (χ1v) is 10.8. The minimum Gasteiger partial charge on any atom is -0.454 e. The molecule has 5 rings (SSSR count). The molecule has 1 unspecified atom stereocenters. The molecule has 0 radical (unpaired) electrons. The van der Waals surface area contributed by atoms with Gasteiger partial charge in [-0.05, 0) is 43.2 Å². The lowest BCUT2D eigenvalue weighted by Crippen LogP contribution is -2.44. The zero-order valence-electron chi connectivity index (χ0n) is 16.3. The van der Waals surface area contributed by atoms with E-state index in [0.717, 1.165) is 23.4 Å². The number of piperidine rings is 1. The van der Waals surface area contributed by atoms with Gasteiger partial charge in [0.05, 0.1) is 21.8 Å². The summed E-state index contributed by atoms with van der Waals surface area (Å²) in [7, 11) is 0. The van der Waals surface area contributed by atoms with Crippen molar-refractivity contribution in [1.82, 2.24) is 15.2 Å². The number of nitrogens with one attached hydrogen (secondary N) is 1. The van der Waals surface area contributed by atoms with Crippen molar-refractivity contribution in [3.05, 3.63) is 53.0 Å². The molecular formula is C22H21N3O4S. The normalized spacial score (nSPS) is 17.9. The lowest BCUT2D eigenvalue weighted by atomic mass is 9.98. The minimum atomic E-state index is -0.304. The van der Waals surface area contributed by atoms with E-state index >= 15 is 0 Å². The summed E-state index contributed by atoms with van der Waals surface area (Å²) in [4.78, 5) is 31.7. The van der Waals surface area contributed by atoms with E-state index in [2.05, 4.69) is 11.4 Å². The Kier molecular flexibility index (Phi) is 5.00. The van der Waals surface area contributed by atoms with Crippen LogP contribution in [-0.4, -0.2) is 48.1 Å². The predicted molar refractivity (Wildman–Crippen MR) is 113 cm³/mol. The van der Waals surface area contributed by atoms with Gasteiger partial charge in [-0.1, -0.05) is 12.1 Å². The molecule has 2 aliphatic heterocycles. The van der Waals surface area contributed by atoms with Gasteiger partial charge in [0, 0.05) is 24.6 Å². The highest BCUT2D eigenvalue weighted by Crippen LogP contribution is 2.33. The van der Waals surface area contributed by atoms with E-state index < -0.39 is 0 Å². The molecule has 0 spiro atoms. The third-order valence-electron chi connectivity index (χ3n) is 5.47. The Balaban J connectivity index is 1.20. The Labute approximate surface area is 177 Å². The van der Waals surface area contributed by atoms with Gasteiger partial charge < -0.3 is 19.7 Å². The lowest BCUT2D eigenvalue weighted by molar-refractivity contribution is -0.131. The molecule has 2 aromatic carbocycles. The van der Waals surface area contributed by atoms with Crippen molar-refractivity contribution in [2.45, 2.75) is 18.8 Å². The fraction of sp³-hybridized carbons (Fsp3) is 0.318. The molecule has 0 bridgehead atoms. The van der Waals surface area contributed by atoms with Crippen LogP contribution in [0.25, 0.3) is 10.2 Å². The molecule has 2 aliphatic rings. The van der Waals surface area contributed by atoms with Crippen molar-refractivity contribution in [2.75, 3.05) is 26.4 Å². The number of carbonyl (C=O) groups excluding carboxylic acids is 2. The second-order valence-corrected chi connectivity index (χ2v) is 8.51. The fourth-order valence-electron chi connectivity index (χ4n) is 3.88. The Morgan fingerprint density at radius 1 is 1.17 bits per heavy atom.